The Hall–Kier alpha value is -1.77. The molecule has 0 fully saturated rings. The predicted molar refractivity (Wildman–Crippen MR) is 74.9 cm³/mol. The number of rotatable bonds is 2. The van der Waals surface area contributed by atoms with Crippen molar-refractivity contribution in [2.75, 3.05) is 0 Å². The fourth-order valence-electron chi connectivity index (χ4n) is 2.11. The summed E-state index contributed by atoms with van der Waals surface area (Å²) in [5, 5.41) is 3.24. The molecular weight excluding hydrogens is 224 g/mol. The number of hydrogen-bond donors (Lipinski definition) is 1. The monoisotopic (exact) mass is 244 g/mol. The van der Waals surface area contributed by atoms with Crippen LogP contribution in [0.4, 0.5) is 0 Å². The van der Waals surface area contributed by atoms with E-state index in [2.05, 4.69) is 12.0 Å². The van der Waals surface area contributed by atoms with Gasteiger partial charge in [-0.3, -0.25) is 9.89 Å². The van der Waals surface area contributed by atoms with Gasteiger partial charge in [-0.25, -0.2) is 4.68 Å². The summed E-state index contributed by atoms with van der Waals surface area (Å²) in [4.78, 5) is 12.5. The molecule has 96 valence electrons. The number of benzene rings is 1. The maximum Gasteiger partial charge on any atom is 0.275 e. The molecule has 18 heavy (non-hydrogen) atoms. The standard InChI is InChI=1S/C15H20N2O/c1-5-12-13(11-9-7-6-8-10-11)14(18)17(16-12)15(2,3)4/h6-10,16H,5H2,1-4H3. The van der Waals surface area contributed by atoms with Crippen LogP contribution >= 0.6 is 0 Å². The fraction of sp³-hybridized carbons (Fsp3) is 0.400. The zero-order chi connectivity index (χ0) is 13.3. The highest BCUT2D eigenvalue weighted by Crippen LogP contribution is 2.21. The van der Waals surface area contributed by atoms with E-state index in [0.29, 0.717) is 0 Å². The highest BCUT2D eigenvalue weighted by molar-refractivity contribution is 5.65. The third-order valence-electron chi connectivity index (χ3n) is 3.05. The molecule has 0 amide bonds. The van der Waals surface area contributed by atoms with Crippen LogP contribution in [0, 0.1) is 0 Å². The Morgan fingerprint density at radius 1 is 1.17 bits per heavy atom. The lowest BCUT2D eigenvalue weighted by atomic mass is 10.0. The van der Waals surface area contributed by atoms with E-state index in [0.717, 1.165) is 23.2 Å². The van der Waals surface area contributed by atoms with Gasteiger partial charge in [0.25, 0.3) is 5.56 Å². The van der Waals surface area contributed by atoms with Gasteiger partial charge in [0.15, 0.2) is 0 Å². The first kappa shape index (κ1) is 12.7. The van der Waals surface area contributed by atoms with Gasteiger partial charge in [0, 0.05) is 5.69 Å². The van der Waals surface area contributed by atoms with Crippen LogP contribution < -0.4 is 5.56 Å². The van der Waals surface area contributed by atoms with E-state index in [1.807, 2.05) is 51.1 Å². The van der Waals surface area contributed by atoms with E-state index in [1.54, 1.807) is 4.68 Å². The number of nitrogens with zero attached hydrogens (tertiary/aromatic N) is 1. The Labute approximate surface area is 107 Å². The summed E-state index contributed by atoms with van der Waals surface area (Å²) in [6, 6.07) is 9.85. The van der Waals surface area contributed by atoms with Crippen molar-refractivity contribution in [3.8, 4) is 11.1 Å². The molecule has 0 radical (unpaired) electrons. The van der Waals surface area contributed by atoms with Gasteiger partial charge in [-0.15, -0.1) is 0 Å². The maximum absolute atomic E-state index is 12.5. The molecule has 0 aliphatic heterocycles. The van der Waals surface area contributed by atoms with Crippen molar-refractivity contribution in [2.24, 2.45) is 0 Å². The van der Waals surface area contributed by atoms with E-state index in [-0.39, 0.29) is 11.1 Å². The lowest BCUT2D eigenvalue weighted by Gasteiger charge is -2.19. The van der Waals surface area contributed by atoms with Gasteiger partial charge < -0.3 is 0 Å². The van der Waals surface area contributed by atoms with Crippen molar-refractivity contribution in [1.29, 1.82) is 0 Å². The molecule has 1 heterocycles. The normalized spacial score (nSPS) is 11.8. The smallest absolute Gasteiger partial charge is 0.275 e. The summed E-state index contributed by atoms with van der Waals surface area (Å²) in [6.07, 6.45) is 0.822. The van der Waals surface area contributed by atoms with E-state index >= 15 is 0 Å². The van der Waals surface area contributed by atoms with Crippen LogP contribution in [0.5, 0.6) is 0 Å². The largest absolute Gasteiger partial charge is 0.299 e. The average Bonchev–Trinajstić information content (AvgIpc) is 2.67. The molecular formula is C15H20N2O. The van der Waals surface area contributed by atoms with Crippen molar-refractivity contribution in [1.82, 2.24) is 9.78 Å². The summed E-state index contributed by atoms with van der Waals surface area (Å²) in [6.45, 7) is 8.14. The Morgan fingerprint density at radius 2 is 1.78 bits per heavy atom. The molecule has 2 aromatic rings. The van der Waals surface area contributed by atoms with Crippen molar-refractivity contribution in [3.05, 3.63) is 46.4 Å². The van der Waals surface area contributed by atoms with Crippen molar-refractivity contribution in [2.45, 2.75) is 39.7 Å². The second-order valence-electron chi connectivity index (χ2n) is 5.50. The Bertz CT molecular complexity index is 585. The van der Waals surface area contributed by atoms with Crippen molar-refractivity contribution in [3.63, 3.8) is 0 Å². The van der Waals surface area contributed by atoms with E-state index in [9.17, 15) is 4.79 Å². The van der Waals surface area contributed by atoms with Crippen LogP contribution in [-0.4, -0.2) is 9.78 Å². The zero-order valence-corrected chi connectivity index (χ0v) is 11.4. The molecule has 1 aromatic carbocycles. The molecule has 3 heteroatoms. The van der Waals surface area contributed by atoms with Crippen LogP contribution in [0.3, 0.4) is 0 Å². The molecule has 0 saturated carbocycles. The Kier molecular flexibility index (Phi) is 3.16. The quantitative estimate of drug-likeness (QED) is 0.865. The Balaban J connectivity index is 2.69. The molecule has 1 aromatic heterocycles. The molecule has 0 spiro atoms. The van der Waals surface area contributed by atoms with Crippen LogP contribution in [0.15, 0.2) is 35.1 Å². The molecule has 3 nitrogen and oxygen atoms in total. The summed E-state index contributed by atoms with van der Waals surface area (Å²) in [5.41, 5.74) is 2.62. The third kappa shape index (κ3) is 2.13. The maximum atomic E-state index is 12.5. The van der Waals surface area contributed by atoms with Crippen LogP contribution in [0.1, 0.15) is 33.4 Å². The van der Waals surface area contributed by atoms with E-state index in [1.165, 1.54) is 0 Å². The molecule has 0 unspecified atom stereocenters. The number of aromatic nitrogens is 2. The van der Waals surface area contributed by atoms with Gasteiger partial charge in [0.2, 0.25) is 0 Å². The number of H-pyrrole nitrogens is 1. The van der Waals surface area contributed by atoms with Gasteiger partial charge in [-0.05, 0) is 32.8 Å². The first-order valence-corrected chi connectivity index (χ1v) is 6.35. The van der Waals surface area contributed by atoms with Crippen LogP contribution in [-0.2, 0) is 12.0 Å². The molecule has 0 atom stereocenters. The molecule has 1 N–H and O–H groups in total. The lowest BCUT2D eigenvalue weighted by Crippen LogP contribution is -2.32. The van der Waals surface area contributed by atoms with Crippen molar-refractivity contribution < 1.29 is 0 Å². The summed E-state index contributed by atoms with van der Waals surface area (Å²) >= 11 is 0. The second kappa shape index (κ2) is 4.48. The SMILES string of the molecule is CCc1[nH]n(C(C)(C)C)c(=O)c1-c1ccccc1. The first-order valence-electron chi connectivity index (χ1n) is 6.35. The van der Waals surface area contributed by atoms with Gasteiger partial charge in [0.05, 0.1) is 11.1 Å². The molecule has 0 bridgehead atoms. The van der Waals surface area contributed by atoms with E-state index < -0.39 is 0 Å². The number of aromatic amines is 1. The fourth-order valence-corrected chi connectivity index (χ4v) is 2.11. The van der Waals surface area contributed by atoms with Gasteiger partial charge >= 0.3 is 0 Å². The predicted octanol–water partition coefficient (Wildman–Crippen LogP) is 3.16. The first-order chi connectivity index (χ1) is 8.45. The molecule has 0 saturated heterocycles. The number of hydrogen-bond acceptors (Lipinski definition) is 1. The average molecular weight is 244 g/mol. The van der Waals surface area contributed by atoms with Gasteiger partial charge in [-0.2, -0.15) is 0 Å². The highest BCUT2D eigenvalue weighted by atomic mass is 16.1. The number of nitrogens with one attached hydrogen (secondary N) is 1. The minimum Gasteiger partial charge on any atom is -0.299 e. The second-order valence-corrected chi connectivity index (χ2v) is 5.50. The molecule has 0 aliphatic carbocycles. The lowest BCUT2D eigenvalue weighted by molar-refractivity contribution is 0.344. The van der Waals surface area contributed by atoms with Crippen LogP contribution in [0.2, 0.25) is 0 Å². The summed E-state index contributed by atoms with van der Waals surface area (Å²) in [7, 11) is 0. The van der Waals surface area contributed by atoms with Crippen molar-refractivity contribution >= 4 is 0 Å². The minimum absolute atomic E-state index is 0.0607. The van der Waals surface area contributed by atoms with Crippen LogP contribution in [0.25, 0.3) is 11.1 Å². The zero-order valence-electron chi connectivity index (χ0n) is 11.4. The molecule has 0 aliphatic rings. The van der Waals surface area contributed by atoms with Gasteiger partial charge in [0.1, 0.15) is 0 Å². The highest BCUT2D eigenvalue weighted by Gasteiger charge is 2.21. The third-order valence-corrected chi connectivity index (χ3v) is 3.05. The number of aryl methyl sites for hydroxylation is 1. The van der Waals surface area contributed by atoms with E-state index in [4.69, 9.17) is 0 Å². The van der Waals surface area contributed by atoms with Gasteiger partial charge in [-0.1, -0.05) is 37.3 Å². The Morgan fingerprint density at radius 3 is 2.28 bits per heavy atom. The summed E-state index contributed by atoms with van der Waals surface area (Å²) in [5.74, 6) is 0. The summed E-state index contributed by atoms with van der Waals surface area (Å²) < 4.78 is 1.72. The molecule has 2 rings (SSSR count). The minimum atomic E-state index is -0.228. The topological polar surface area (TPSA) is 37.8 Å².